The van der Waals surface area contributed by atoms with Gasteiger partial charge < -0.3 is 10.4 Å². The van der Waals surface area contributed by atoms with Gasteiger partial charge in [0.1, 0.15) is 11.8 Å². The van der Waals surface area contributed by atoms with Crippen LogP contribution in [0, 0.1) is 0 Å². The van der Waals surface area contributed by atoms with Gasteiger partial charge in [-0.3, -0.25) is 34.2 Å². The summed E-state index contributed by atoms with van der Waals surface area (Å²) in [5.41, 5.74) is 0.946. The number of imide groups is 2. The molecular weight excluding hydrogens is 390 g/mol. The Morgan fingerprint density at radius 2 is 1.87 bits per heavy atom. The van der Waals surface area contributed by atoms with Gasteiger partial charge in [0.15, 0.2) is 0 Å². The van der Waals surface area contributed by atoms with Crippen molar-refractivity contribution in [2.75, 3.05) is 0 Å². The zero-order chi connectivity index (χ0) is 21.4. The Morgan fingerprint density at radius 1 is 1.10 bits per heavy atom. The third kappa shape index (κ3) is 3.30. The minimum atomic E-state index is -1.05. The van der Waals surface area contributed by atoms with E-state index in [4.69, 9.17) is 0 Å². The number of phenols is 1. The quantitative estimate of drug-likeness (QED) is 0.640. The van der Waals surface area contributed by atoms with Crippen molar-refractivity contribution in [3.8, 4) is 5.75 Å². The molecule has 0 bridgehead atoms. The summed E-state index contributed by atoms with van der Waals surface area (Å²) in [5, 5.41) is 14.3. The van der Waals surface area contributed by atoms with E-state index in [0.717, 1.165) is 4.90 Å². The first-order chi connectivity index (χ1) is 14.4. The fraction of sp³-hybridized carbons (Fsp3) is 0.190. The smallest absolute Gasteiger partial charge is 0.262 e. The normalized spacial score (nSPS) is 18.3. The summed E-state index contributed by atoms with van der Waals surface area (Å²) in [5.74, 6) is -2.87. The zero-order valence-corrected chi connectivity index (χ0v) is 15.7. The molecule has 152 valence electrons. The number of hydrogen-bond acceptors (Lipinski definition) is 6. The molecule has 0 radical (unpaired) electrons. The van der Waals surface area contributed by atoms with Crippen LogP contribution in [0.2, 0.25) is 0 Å². The van der Waals surface area contributed by atoms with Crippen LogP contribution in [0.15, 0.2) is 42.5 Å². The summed E-state index contributed by atoms with van der Waals surface area (Å²) in [6, 6.07) is 9.45. The second kappa shape index (κ2) is 7.43. The molecule has 0 spiro atoms. The van der Waals surface area contributed by atoms with Crippen molar-refractivity contribution in [1.29, 1.82) is 0 Å². The highest BCUT2D eigenvalue weighted by Gasteiger charge is 2.45. The molecular formula is C21H17N3O6. The summed E-state index contributed by atoms with van der Waals surface area (Å²) in [6.07, 6.45) is 0.107. The molecule has 2 aliphatic heterocycles. The van der Waals surface area contributed by atoms with Crippen molar-refractivity contribution in [1.82, 2.24) is 15.5 Å². The van der Waals surface area contributed by atoms with Crippen molar-refractivity contribution < 1.29 is 29.1 Å². The maximum Gasteiger partial charge on any atom is 0.262 e. The summed E-state index contributed by atoms with van der Waals surface area (Å²) >= 11 is 0. The van der Waals surface area contributed by atoms with Crippen molar-refractivity contribution in [3.05, 3.63) is 64.7 Å². The predicted octanol–water partition coefficient (Wildman–Crippen LogP) is 0.723. The van der Waals surface area contributed by atoms with E-state index >= 15 is 0 Å². The fourth-order valence-electron chi connectivity index (χ4n) is 3.66. The van der Waals surface area contributed by atoms with Crippen LogP contribution in [0.25, 0.3) is 0 Å². The topological polar surface area (TPSA) is 133 Å². The van der Waals surface area contributed by atoms with Gasteiger partial charge in [0.05, 0.1) is 11.1 Å². The molecule has 1 unspecified atom stereocenters. The Kier molecular flexibility index (Phi) is 4.78. The molecule has 2 aromatic carbocycles. The predicted molar refractivity (Wildman–Crippen MR) is 102 cm³/mol. The number of fused-ring (bicyclic) bond motifs is 1. The number of aromatic hydroxyl groups is 1. The molecule has 2 aliphatic rings. The van der Waals surface area contributed by atoms with Gasteiger partial charge in [-0.05, 0) is 36.2 Å². The lowest BCUT2D eigenvalue weighted by molar-refractivity contribution is -0.136. The molecule has 30 heavy (non-hydrogen) atoms. The molecule has 9 nitrogen and oxygen atoms in total. The number of piperidine rings is 1. The number of nitrogens with zero attached hydrogens (tertiary/aromatic N) is 1. The SMILES string of the molecule is O=C1CCC(N2C(=O)c3cccc(CNC(=O)c4cccc(O)c4)c3C2=O)C(=O)N1. The highest BCUT2D eigenvalue weighted by Crippen LogP contribution is 2.30. The maximum absolute atomic E-state index is 13.0. The first-order valence-electron chi connectivity index (χ1n) is 9.27. The number of carbonyl (C=O) groups is 5. The molecule has 1 saturated heterocycles. The zero-order valence-electron chi connectivity index (χ0n) is 15.7. The molecule has 5 amide bonds. The van der Waals surface area contributed by atoms with Crippen LogP contribution in [0.1, 0.15) is 49.5 Å². The number of nitrogens with one attached hydrogen (secondary N) is 2. The number of amides is 5. The lowest BCUT2D eigenvalue weighted by Gasteiger charge is -2.27. The van der Waals surface area contributed by atoms with Crippen molar-refractivity contribution in [2.45, 2.75) is 25.4 Å². The average molecular weight is 407 g/mol. The minimum Gasteiger partial charge on any atom is -0.508 e. The van der Waals surface area contributed by atoms with E-state index < -0.39 is 35.6 Å². The van der Waals surface area contributed by atoms with Gasteiger partial charge >= 0.3 is 0 Å². The van der Waals surface area contributed by atoms with E-state index in [-0.39, 0.29) is 41.8 Å². The lowest BCUT2D eigenvalue weighted by Crippen LogP contribution is -2.54. The van der Waals surface area contributed by atoms with Crippen molar-refractivity contribution in [2.24, 2.45) is 0 Å². The van der Waals surface area contributed by atoms with Gasteiger partial charge in [0.25, 0.3) is 17.7 Å². The summed E-state index contributed by atoms with van der Waals surface area (Å²) in [6.45, 7) is -0.0279. The number of benzene rings is 2. The van der Waals surface area contributed by atoms with Crippen LogP contribution in [-0.4, -0.2) is 45.6 Å². The summed E-state index contributed by atoms with van der Waals surface area (Å²) < 4.78 is 0. The number of rotatable bonds is 4. The maximum atomic E-state index is 13.0. The third-order valence-electron chi connectivity index (χ3n) is 5.10. The first-order valence-corrected chi connectivity index (χ1v) is 9.27. The van der Waals surface area contributed by atoms with Gasteiger partial charge in [0.2, 0.25) is 11.8 Å². The fourth-order valence-corrected chi connectivity index (χ4v) is 3.66. The molecule has 0 saturated carbocycles. The molecule has 4 rings (SSSR count). The van der Waals surface area contributed by atoms with Crippen molar-refractivity contribution in [3.63, 3.8) is 0 Å². The second-order valence-corrected chi connectivity index (χ2v) is 7.02. The van der Waals surface area contributed by atoms with E-state index in [9.17, 15) is 29.1 Å². The van der Waals surface area contributed by atoms with Gasteiger partial charge in [-0.25, -0.2) is 0 Å². The molecule has 0 aliphatic carbocycles. The standard InChI is InChI=1S/C21H17N3O6/c25-13-5-1-3-11(9-13)18(27)22-10-12-4-2-6-14-17(12)21(30)24(20(14)29)15-7-8-16(26)23-19(15)28/h1-6,9,15,25H,7-8,10H2,(H,22,27)(H,23,26,28). The van der Waals surface area contributed by atoms with Crippen LogP contribution in [0.3, 0.4) is 0 Å². The van der Waals surface area contributed by atoms with Crippen LogP contribution >= 0.6 is 0 Å². The van der Waals surface area contributed by atoms with E-state index in [1.807, 2.05) is 0 Å². The third-order valence-corrected chi connectivity index (χ3v) is 5.10. The van der Waals surface area contributed by atoms with Crippen molar-refractivity contribution >= 4 is 29.5 Å². The molecule has 2 aromatic rings. The van der Waals surface area contributed by atoms with E-state index in [1.54, 1.807) is 12.1 Å². The largest absolute Gasteiger partial charge is 0.508 e. The highest BCUT2D eigenvalue weighted by molar-refractivity contribution is 6.24. The Bertz CT molecular complexity index is 1110. The van der Waals surface area contributed by atoms with Crippen LogP contribution in [0.5, 0.6) is 5.75 Å². The number of hydrogen-bond donors (Lipinski definition) is 3. The minimum absolute atomic E-state index is 0.0279. The summed E-state index contributed by atoms with van der Waals surface area (Å²) in [4.78, 5) is 62.6. The van der Waals surface area contributed by atoms with Gasteiger partial charge in [-0.1, -0.05) is 18.2 Å². The van der Waals surface area contributed by atoms with Gasteiger partial charge in [-0.15, -0.1) is 0 Å². The Morgan fingerprint density at radius 3 is 2.60 bits per heavy atom. The van der Waals surface area contributed by atoms with Crippen LogP contribution in [-0.2, 0) is 16.1 Å². The first kappa shape index (κ1) is 19.3. The van der Waals surface area contributed by atoms with E-state index in [2.05, 4.69) is 10.6 Å². The number of phenolic OH excluding ortho intramolecular Hbond substituents is 1. The average Bonchev–Trinajstić information content (AvgIpc) is 2.97. The van der Waals surface area contributed by atoms with Crippen LogP contribution < -0.4 is 10.6 Å². The molecule has 1 atom stereocenters. The monoisotopic (exact) mass is 407 g/mol. The second-order valence-electron chi connectivity index (χ2n) is 7.02. The van der Waals surface area contributed by atoms with Gasteiger partial charge in [-0.2, -0.15) is 0 Å². The van der Waals surface area contributed by atoms with Gasteiger partial charge in [0, 0.05) is 18.5 Å². The Hall–Kier alpha value is -4.01. The molecule has 3 N–H and O–H groups in total. The highest BCUT2D eigenvalue weighted by atomic mass is 16.3. The molecule has 1 fully saturated rings. The summed E-state index contributed by atoms with van der Waals surface area (Å²) in [7, 11) is 0. The number of carbonyl (C=O) groups excluding carboxylic acids is 5. The lowest BCUT2D eigenvalue weighted by atomic mass is 10.0. The van der Waals surface area contributed by atoms with Crippen LogP contribution in [0.4, 0.5) is 0 Å². The molecule has 2 heterocycles. The van der Waals surface area contributed by atoms with E-state index in [0.29, 0.717) is 5.56 Å². The van der Waals surface area contributed by atoms with E-state index in [1.165, 1.54) is 30.3 Å². The molecule has 0 aromatic heterocycles. The Labute approximate surface area is 170 Å². The Balaban J connectivity index is 1.57. The molecule has 9 heteroatoms.